The molecule has 0 amide bonds. The molecule has 1 aliphatic carbocycles. The van der Waals surface area contributed by atoms with Gasteiger partial charge in [0.1, 0.15) is 11.6 Å². The van der Waals surface area contributed by atoms with Gasteiger partial charge in [-0.2, -0.15) is 0 Å². The Kier molecular flexibility index (Phi) is 5.16. The first-order chi connectivity index (χ1) is 9.65. The van der Waals surface area contributed by atoms with E-state index in [0.717, 1.165) is 31.8 Å². The molecule has 20 heavy (non-hydrogen) atoms. The lowest BCUT2D eigenvalue weighted by atomic mass is 10.1. The van der Waals surface area contributed by atoms with Gasteiger partial charge in [0.2, 0.25) is 0 Å². The first-order valence-electron chi connectivity index (χ1n) is 7.02. The van der Waals surface area contributed by atoms with Crippen LogP contribution >= 0.6 is 0 Å². The molecule has 0 atom stereocenters. The lowest BCUT2D eigenvalue weighted by molar-refractivity contribution is -0.131. The van der Waals surface area contributed by atoms with Crippen molar-refractivity contribution in [3.05, 3.63) is 35.7 Å². The third kappa shape index (κ3) is 4.37. The fourth-order valence-electron chi connectivity index (χ4n) is 2.46. The summed E-state index contributed by atoms with van der Waals surface area (Å²) in [5, 5.41) is 8.67. The van der Waals surface area contributed by atoms with E-state index < -0.39 is 11.8 Å². The van der Waals surface area contributed by atoms with Crippen molar-refractivity contribution in [3.63, 3.8) is 0 Å². The van der Waals surface area contributed by atoms with Crippen LogP contribution in [0.3, 0.4) is 0 Å². The normalized spacial score (nSPS) is 17.1. The van der Waals surface area contributed by atoms with Gasteiger partial charge in [0.05, 0.1) is 6.10 Å². The number of carboxylic acids is 1. The first-order valence-corrected chi connectivity index (χ1v) is 7.02. The Morgan fingerprint density at radius 1 is 1.25 bits per heavy atom. The summed E-state index contributed by atoms with van der Waals surface area (Å²) in [5.74, 6) is -0.909. The lowest BCUT2D eigenvalue weighted by Gasteiger charge is -2.18. The average molecular weight is 278 g/mol. The molecule has 1 saturated carbocycles. The van der Waals surface area contributed by atoms with E-state index in [1.807, 2.05) is 0 Å². The Labute approximate surface area is 118 Å². The van der Waals surface area contributed by atoms with Crippen LogP contribution in [0, 0.1) is 5.82 Å². The smallest absolute Gasteiger partial charge is 0.328 e. The van der Waals surface area contributed by atoms with Gasteiger partial charge in [0.25, 0.3) is 0 Å². The number of aliphatic carboxylic acids is 1. The van der Waals surface area contributed by atoms with E-state index in [1.54, 1.807) is 6.07 Å². The summed E-state index contributed by atoms with van der Waals surface area (Å²) in [5.41, 5.74) is 0.469. The zero-order valence-electron chi connectivity index (χ0n) is 11.3. The van der Waals surface area contributed by atoms with Crippen LogP contribution in [0.2, 0.25) is 0 Å². The molecule has 1 fully saturated rings. The fourth-order valence-corrected chi connectivity index (χ4v) is 2.46. The maximum absolute atomic E-state index is 13.3. The van der Waals surface area contributed by atoms with E-state index in [1.165, 1.54) is 31.1 Å². The van der Waals surface area contributed by atoms with E-state index in [4.69, 9.17) is 9.84 Å². The number of hydrogen-bond acceptors (Lipinski definition) is 2. The highest BCUT2D eigenvalue weighted by atomic mass is 19.1. The third-order valence-electron chi connectivity index (χ3n) is 3.47. The van der Waals surface area contributed by atoms with Crippen molar-refractivity contribution in [2.24, 2.45) is 0 Å². The summed E-state index contributed by atoms with van der Waals surface area (Å²) in [4.78, 5) is 10.6. The summed E-state index contributed by atoms with van der Waals surface area (Å²) in [6.07, 6.45) is 9.26. The molecular formula is C16H19FO3. The van der Waals surface area contributed by atoms with Gasteiger partial charge in [-0.05, 0) is 50.0 Å². The highest BCUT2D eigenvalue weighted by Gasteiger charge is 2.15. The van der Waals surface area contributed by atoms with E-state index in [9.17, 15) is 9.18 Å². The number of benzene rings is 1. The van der Waals surface area contributed by atoms with Crippen molar-refractivity contribution in [1.82, 2.24) is 0 Å². The largest absolute Gasteiger partial charge is 0.490 e. The summed E-state index contributed by atoms with van der Waals surface area (Å²) in [6.45, 7) is 0. The number of rotatable bonds is 4. The van der Waals surface area contributed by atoms with Crippen LogP contribution in [0.25, 0.3) is 6.08 Å². The Bertz CT molecular complexity index is 488. The van der Waals surface area contributed by atoms with Crippen LogP contribution < -0.4 is 4.74 Å². The summed E-state index contributed by atoms with van der Waals surface area (Å²) >= 11 is 0. The topological polar surface area (TPSA) is 46.5 Å². The first kappa shape index (κ1) is 14.6. The average Bonchev–Trinajstić information content (AvgIpc) is 2.67. The van der Waals surface area contributed by atoms with Crippen LogP contribution in [-0.2, 0) is 4.79 Å². The zero-order valence-corrected chi connectivity index (χ0v) is 11.3. The minimum absolute atomic E-state index is 0.139. The predicted molar refractivity (Wildman–Crippen MR) is 75.2 cm³/mol. The summed E-state index contributed by atoms with van der Waals surface area (Å²) in [6, 6.07) is 4.21. The van der Waals surface area contributed by atoms with Gasteiger partial charge in [-0.25, -0.2) is 9.18 Å². The molecule has 1 aromatic carbocycles. The fraction of sp³-hybridized carbons (Fsp3) is 0.438. The number of hydrogen-bond donors (Lipinski definition) is 1. The lowest BCUT2D eigenvalue weighted by Crippen LogP contribution is -2.15. The maximum Gasteiger partial charge on any atom is 0.328 e. The molecule has 108 valence electrons. The number of halogens is 1. The molecule has 0 heterocycles. The van der Waals surface area contributed by atoms with Crippen molar-refractivity contribution in [1.29, 1.82) is 0 Å². The quantitative estimate of drug-likeness (QED) is 0.668. The molecule has 3 nitrogen and oxygen atoms in total. The third-order valence-corrected chi connectivity index (χ3v) is 3.47. The standard InChI is InChI=1S/C16H19FO3/c17-13-8-9-15(12(11-13)7-10-16(18)19)20-14-5-3-1-2-4-6-14/h7-11,14H,1-6H2,(H,18,19)/b10-7+. The van der Waals surface area contributed by atoms with Crippen molar-refractivity contribution in [2.75, 3.05) is 0 Å². The van der Waals surface area contributed by atoms with Crippen molar-refractivity contribution < 1.29 is 19.0 Å². The zero-order chi connectivity index (χ0) is 14.4. The van der Waals surface area contributed by atoms with Crippen LogP contribution in [0.15, 0.2) is 24.3 Å². The molecule has 0 aliphatic heterocycles. The van der Waals surface area contributed by atoms with Crippen molar-refractivity contribution in [2.45, 2.75) is 44.6 Å². The van der Waals surface area contributed by atoms with Crippen LogP contribution in [0.4, 0.5) is 4.39 Å². The SMILES string of the molecule is O=C(O)/C=C/c1cc(F)ccc1OC1CCCCCC1. The Morgan fingerprint density at radius 3 is 2.60 bits per heavy atom. The second-order valence-corrected chi connectivity index (χ2v) is 5.09. The van der Waals surface area contributed by atoms with E-state index in [2.05, 4.69) is 0 Å². The molecule has 1 aromatic rings. The van der Waals surface area contributed by atoms with E-state index in [-0.39, 0.29) is 6.10 Å². The van der Waals surface area contributed by atoms with Crippen molar-refractivity contribution in [3.8, 4) is 5.75 Å². The monoisotopic (exact) mass is 278 g/mol. The minimum Gasteiger partial charge on any atom is -0.490 e. The predicted octanol–water partition coefficient (Wildman–Crippen LogP) is 4.03. The number of carbonyl (C=O) groups is 1. The molecule has 1 aliphatic rings. The second-order valence-electron chi connectivity index (χ2n) is 5.09. The van der Waals surface area contributed by atoms with Crippen LogP contribution in [0.1, 0.15) is 44.1 Å². The molecule has 0 unspecified atom stereocenters. The van der Waals surface area contributed by atoms with Gasteiger partial charge in [-0.15, -0.1) is 0 Å². The Hall–Kier alpha value is -1.84. The number of ether oxygens (including phenoxy) is 1. The molecule has 4 heteroatoms. The Morgan fingerprint density at radius 2 is 1.95 bits per heavy atom. The molecule has 0 saturated heterocycles. The van der Waals surface area contributed by atoms with E-state index in [0.29, 0.717) is 11.3 Å². The van der Waals surface area contributed by atoms with E-state index >= 15 is 0 Å². The molecule has 1 N–H and O–H groups in total. The summed E-state index contributed by atoms with van der Waals surface area (Å²) in [7, 11) is 0. The molecule has 0 aromatic heterocycles. The van der Waals surface area contributed by atoms with Crippen LogP contribution in [0.5, 0.6) is 5.75 Å². The highest BCUT2D eigenvalue weighted by molar-refractivity contribution is 5.85. The van der Waals surface area contributed by atoms with Gasteiger partial charge in [0, 0.05) is 11.6 Å². The summed E-state index contributed by atoms with van der Waals surface area (Å²) < 4.78 is 19.2. The number of carboxylic acid groups (broad SMARTS) is 1. The Balaban J connectivity index is 2.14. The molecule has 0 radical (unpaired) electrons. The molecular weight excluding hydrogens is 259 g/mol. The van der Waals surface area contributed by atoms with Gasteiger partial charge >= 0.3 is 5.97 Å². The molecule has 0 spiro atoms. The minimum atomic E-state index is -1.06. The maximum atomic E-state index is 13.3. The van der Waals surface area contributed by atoms with Crippen molar-refractivity contribution >= 4 is 12.0 Å². The van der Waals surface area contributed by atoms with Gasteiger partial charge in [-0.3, -0.25) is 0 Å². The molecule has 2 rings (SSSR count). The second kappa shape index (κ2) is 7.08. The van der Waals surface area contributed by atoms with Gasteiger partial charge in [-0.1, -0.05) is 12.8 Å². The van der Waals surface area contributed by atoms with Gasteiger partial charge in [0.15, 0.2) is 0 Å². The molecule has 0 bridgehead atoms. The van der Waals surface area contributed by atoms with Gasteiger partial charge < -0.3 is 9.84 Å². The highest BCUT2D eigenvalue weighted by Crippen LogP contribution is 2.27. The van der Waals surface area contributed by atoms with Crippen LogP contribution in [-0.4, -0.2) is 17.2 Å².